The van der Waals surface area contributed by atoms with Crippen LogP contribution in [0.2, 0.25) is 0 Å². The number of aliphatic hydroxyl groups excluding tert-OH is 1. The molecule has 7 rings (SSSR count). The number of carbonyl (C=O) groups is 5. The number of aliphatic hydroxyl groups is 3. The van der Waals surface area contributed by atoms with Crippen LogP contribution in [0, 0.1) is 45.8 Å². The Morgan fingerprint density at radius 2 is 1.33 bits per heavy atom. The van der Waals surface area contributed by atoms with Gasteiger partial charge in [-0.05, 0) is 20.8 Å². The quantitative estimate of drug-likeness (QED) is 0.209. The molecule has 51 heavy (non-hydrogen) atoms. The molecule has 0 spiro atoms. The molecule has 7 fully saturated rings. The van der Waals surface area contributed by atoms with Crippen LogP contribution >= 0.6 is 0 Å². The maximum Gasteiger partial charge on any atom is 0.341 e. The van der Waals surface area contributed by atoms with Crippen LogP contribution in [-0.2, 0) is 57.1 Å². The van der Waals surface area contributed by atoms with E-state index in [9.17, 15) is 39.3 Å². The van der Waals surface area contributed by atoms with Crippen LogP contribution in [0.5, 0.6) is 0 Å². The molecule has 3 aliphatic heterocycles. The van der Waals surface area contributed by atoms with Gasteiger partial charge in [-0.25, -0.2) is 4.79 Å². The third-order valence-corrected chi connectivity index (χ3v) is 14.8. The molecule has 0 aromatic heterocycles. The van der Waals surface area contributed by atoms with Crippen LogP contribution in [0.1, 0.15) is 82.1 Å². The Morgan fingerprint density at radius 3 is 1.90 bits per heavy atom. The molecule has 2 unspecified atom stereocenters. The van der Waals surface area contributed by atoms with E-state index in [1.165, 1.54) is 34.6 Å². The maximum absolute atomic E-state index is 13.5. The third-order valence-electron chi connectivity index (χ3n) is 14.8. The Morgan fingerprint density at radius 1 is 0.765 bits per heavy atom. The largest absolute Gasteiger partial charge is 0.462 e. The van der Waals surface area contributed by atoms with E-state index in [2.05, 4.69) is 0 Å². The molecule has 15 heteroatoms. The number of ether oxygens (including phenoxy) is 7. The lowest BCUT2D eigenvalue weighted by Crippen LogP contribution is -2.77. The molecule has 0 amide bonds. The standard InChI is InChI=1S/C36H50O15/c1-13-21-24(33(8)34(9,43)30(42)51-35(33,10)50-13)26(46-15(3)38)22-20-18(45-14(2)37)11-36(44)12-19-25(49-19)28(41)32(36,7)23(20)27(47-16(4)39)29(31(21,22)6)48-17(5)40/h13,18-29,41,43-44H,11-12H2,1-10H3/t13-,18-,19-,20?,21-,22+,23?,24-,25-,26+,27-,28-,29-,31+,32-,33-,34+,35-,36+/m0/s1. The van der Waals surface area contributed by atoms with E-state index in [1.807, 2.05) is 6.92 Å². The SMILES string of the molecule is CC(=O)O[C@H]1[C@@H]2[C@H]([C@H](C)O[C@@]3(C)OC(=O)[C@@](C)(O)[C@]23C)[C@]2(C)[C@@H]1C1C([C@H](OC(C)=O)[C@@H]2OC(C)=O)[C@@]2(C)[C@@H](O)[C@H]3O[C@H]3C[C@]2(O)C[C@@H]1OC(C)=O. The van der Waals surface area contributed by atoms with Crippen LogP contribution in [-0.4, -0.2) is 111 Å². The first-order valence-corrected chi connectivity index (χ1v) is 17.8. The molecule has 3 N–H and O–H groups in total. The topological polar surface area (TPSA) is 214 Å². The first-order chi connectivity index (χ1) is 23.4. The Labute approximate surface area is 295 Å². The zero-order valence-corrected chi connectivity index (χ0v) is 30.7. The van der Waals surface area contributed by atoms with Gasteiger partial charge in [-0.3, -0.25) is 19.2 Å². The van der Waals surface area contributed by atoms with Crippen LogP contribution in [0.15, 0.2) is 0 Å². The van der Waals surface area contributed by atoms with Gasteiger partial charge in [0, 0.05) is 87.9 Å². The predicted octanol–water partition coefficient (Wildman–Crippen LogP) is 0.950. The second kappa shape index (κ2) is 10.9. The van der Waals surface area contributed by atoms with Crippen LogP contribution < -0.4 is 0 Å². The Balaban J connectivity index is 1.56. The summed E-state index contributed by atoms with van der Waals surface area (Å²) in [7, 11) is 0. The first kappa shape index (κ1) is 36.5. The highest BCUT2D eigenvalue weighted by Crippen LogP contribution is 2.77. The highest BCUT2D eigenvalue weighted by atomic mass is 16.7. The summed E-state index contributed by atoms with van der Waals surface area (Å²) in [6, 6.07) is 0. The summed E-state index contributed by atoms with van der Waals surface area (Å²) >= 11 is 0. The van der Waals surface area contributed by atoms with Crippen molar-refractivity contribution in [2.45, 2.75) is 148 Å². The lowest BCUT2D eigenvalue weighted by Gasteiger charge is -2.68. The average molecular weight is 723 g/mol. The monoisotopic (exact) mass is 722 g/mol. The van der Waals surface area contributed by atoms with Gasteiger partial charge in [0.1, 0.15) is 30.5 Å². The molecule has 0 bridgehead atoms. The lowest BCUT2D eigenvalue weighted by atomic mass is 9.40. The molecule has 0 aromatic carbocycles. The molecule has 0 aromatic rings. The van der Waals surface area contributed by atoms with Crippen molar-refractivity contribution in [2.75, 3.05) is 0 Å². The molecule has 284 valence electrons. The Kier molecular flexibility index (Phi) is 7.78. The van der Waals surface area contributed by atoms with E-state index in [1.54, 1.807) is 27.7 Å². The van der Waals surface area contributed by atoms with E-state index >= 15 is 0 Å². The fourth-order valence-electron chi connectivity index (χ4n) is 12.7. The smallest absolute Gasteiger partial charge is 0.341 e. The molecular weight excluding hydrogens is 672 g/mol. The summed E-state index contributed by atoms with van der Waals surface area (Å²) in [6.07, 6.45) is -8.19. The number of rotatable bonds is 4. The fourth-order valence-corrected chi connectivity index (χ4v) is 12.7. The fraction of sp³-hybridized carbons (Fsp3) is 0.861. The highest BCUT2D eigenvalue weighted by molar-refractivity contribution is 5.83. The van der Waals surface area contributed by atoms with E-state index in [4.69, 9.17) is 33.2 Å². The van der Waals surface area contributed by atoms with Crippen LogP contribution in [0.4, 0.5) is 0 Å². The summed E-state index contributed by atoms with van der Waals surface area (Å²) in [4.78, 5) is 65.9. The molecular formula is C36H50O15. The molecule has 4 saturated carbocycles. The zero-order valence-electron chi connectivity index (χ0n) is 30.7. The first-order valence-electron chi connectivity index (χ1n) is 17.8. The molecule has 15 nitrogen and oxygen atoms in total. The number of fused-ring (bicyclic) bond motifs is 10. The van der Waals surface area contributed by atoms with Crippen molar-refractivity contribution >= 4 is 29.8 Å². The van der Waals surface area contributed by atoms with Gasteiger partial charge >= 0.3 is 29.8 Å². The molecule has 19 atom stereocenters. The van der Waals surface area contributed by atoms with Crippen LogP contribution in [0.25, 0.3) is 0 Å². The Bertz CT molecular complexity index is 1580. The number of hydrogen-bond donors (Lipinski definition) is 3. The third kappa shape index (κ3) is 4.38. The highest BCUT2D eigenvalue weighted by Gasteiger charge is 2.87. The summed E-state index contributed by atoms with van der Waals surface area (Å²) in [6.45, 7) is 14.6. The number of hydrogen-bond acceptors (Lipinski definition) is 15. The number of epoxide rings is 1. The minimum Gasteiger partial charge on any atom is -0.462 e. The van der Waals surface area contributed by atoms with Gasteiger partial charge in [0.15, 0.2) is 5.60 Å². The Hall–Kier alpha value is -2.85. The summed E-state index contributed by atoms with van der Waals surface area (Å²) in [5, 5.41) is 36.8. The van der Waals surface area contributed by atoms with Gasteiger partial charge in [0.05, 0.1) is 29.3 Å². The van der Waals surface area contributed by atoms with Gasteiger partial charge < -0.3 is 48.5 Å². The molecule has 3 saturated heterocycles. The second-order valence-electron chi connectivity index (χ2n) is 17.1. The van der Waals surface area contributed by atoms with Crippen molar-refractivity contribution < 1.29 is 72.5 Å². The summed E-state index contributed by atoms with van der Waals surface area (Å²) in [5.41, 5.74) is -8.37. The minimum absolute atomic E-state index is 0.0847. The van der Waals surface area contributed by atoms with Gasteiger partial charge in [0.2, 0.25) is 5.79 Å². The normalized spacial score (nSPS) is 56.0. The lowest BCUT2D eigenvalue weighted by molar-refractivity contribution is -0.343. The van der Waals surface area contributed by atoms with E-state index in [0.717, 1.165) is 0 Å². The van der Waals surface area contributed by atoms with Gasteiger partial charge in [-0.1, -0.05) is 13.8 Å². The van der Waals surface area contributed by atoms with Crippen LogP contribution in [0.3, 0.4) is 0 Å². The molecule has 0 radical (unpaired) electrons. The summed E-state index contributed by atoms with van der Waals surface area (Å²) in [5.74, 6) is -10.1. The molecule has 3 heterocycles. The van der Waals surface area contributed by atoms with Crippen molar-refractivity contribution in [1.29, 1.82) is 0 Å². The van der Waals surface area contributed by atoms with Crippen molar-refractivity contribution in [3.8, 4) is 0 Å². The second-order valence-corrected chi connectivity index (χ2v) is 17.1. The zero-order chi connectivity index (χ0) is 37.8. The van der Waals surface area contributed by atoms with Crippen molar-refractivity contribution in [2.24, 2.45) is 45.8 Å². The predicted molar refractivity (Wildman–Crippen MR) is 169 cm³/mol. The summed E-state index contributed by atoms with van der Waals surface area (Å²) < 4.78 is 43.0. The maximum atomic E-state index is 13.5. The van der Waals surface area contributed by atoms with Gasteiger partial charge in [-0.15, -0.1) is 0 Å². The number of esters is 5. The molecule has 7 aliphatic rings. The molecule has 4 aliphatic carbocycles. The van der Waals surface area contributed by atoms with E-state index in [-0.39, 0.29) is 12.8 Å². The van der Waals surface area contributed by atoms with Gasteiger partial charge in [0.25, 0.3) is 0 Å². The van der Waals surface area contributed by atoms with Crippen molar-refractivity contribution in [1.82, 2.24) is 0 Å². The van der Waals surface area contributed by atoms with Crippen molar-refractivity contribution in [3.05, 3.63) is 0 Å². The van der Waals surface area contributed by atoms with E-state index in [0.29, 0.717) is 0 Å². The van der Waals surface area contributed by atoms with Gasteiger partial charge in [-0.2, -0.15) is 0 Å². The van der Waals surface area contributed by atoms with E-state index < -0.39 is 142 Å². The number of carbonyl (C=O) groups excluding carboxylic acids is 5. The minimum atomic E-state index is -2.18. The van der Waals surface area contributed by atoms with Crippen molar-refractivity contribution in [3.63, 3.8) is 0 Å². The average Bonchev–Trinajstić information content (AvgIpc) is 3.66.